The standard InChI is InChI=1S/C16H26N8O/c1-4-14-17-16(25-19-14)12(3)23-9-7-22(8-10-23)11(2)15-18-20-21-24(15)13-5-6-13/h11-13H,4-10H2,1-3H3/t11-,12+/m1/s1. The Morgan fingerprint density at radius 3 is 2.36 bits per heavy atom. The molecule has 3 heterocycles. The van der Waals surface area contributed by atoms with Crippen molar-refractivity contribution in [1.29, 1.82) is 0 Å². The van der Waals surface area contributed by atoms with Gasteiger partial charge in [0.1, 0.15) is 0 Å². The van der Waals surface area contributed by atoms with E-state index in [1.54, 1.807) is 0 Å². The number of nitrogens with zero attached hydrogens (tertiary/aromatic N) is 8. The van der Waals surface area contributed by atoms with E-state index in [0.717, 1.165) is 50.1 Å². The topological polar surface area (TPSA) is 89.0 Å². The molecular formula is C16H26N8O. The molecule has 1 aliphatic carbocycles. The van der Waals surface area contributed by atoms with Crippen LogP contribution in [0.25, 0.3) is 0 Å². The quantitative estimate of drug-likeness (QED) is 0.775. The Hall–Kier alpha value is -1.87. The van der Waals surface area contributed by atoms with E-state index >= 15 is 0 Å². The van der Waals surface area contributed by atoms with Crippen LogP contribution >= 0.6 is 0 Å². The number of hydrogen-bond donors (Lipinski definition) is 0. The van der Waals surface area contributed by atoms with Gasteiger partial charge in [0.15, 0.2) is 11.6 Å². The molecule has 0 bridgehead atoms. The van der Waals surface area contributed by atoms with Crippen LogP contribution in [-0.4, -0.2) is 66.3 Å². The Kier molecular flexibility index (Phi) is 4.51. The molecule has 136 valence electrons. The van der Waals surface area contributed by atoms with E-state index < -0.39 is 0 Å². The van der Waals surface area contributed by atoms with Gasteiger partial charge in [0.2, 0.25) is 5.89 Å². The molecule has 9 heteroatoms. The highest BCUT2D eigenvalue weighted by Crippen LogP contribution is 2.36. The summed E-state index contributed by atoms with van der Waals surface area (Å²) in [4.78, 5) is 9.33. The van der Waals surface area contributed by atoms with Crippen LogP contribution in [0.1, 0.15) is 69.3 Å². The molecule has 25 heavy (non-hydrogen) atoms. The molecule has 0 aromatic carbocycles. The van der Waals surface area contributed by atoms with Crippen molar-refractivity contribution in [2.45, 2.75) is 58.2 Å². The molecule has 2 aromatic heterocycles. The second-order valence-corrected chi connectivity index (χ2v) is 7.04. The van der Waals surface area contributed by atoms with Crippen molar-refractivity contribution in [1.82, 2.24) is 40.1 Å². The van der Waals surface area contributed by atoms with E-state index in [1.807, 2.05) is 11.6 Å². The fourth-order valence-electron chi connectivity index (χ4n) is 3.47. The first-order valence-corrected chi connectivity index (χ1v) is 9.25. The van der Waals surface area contributed by atoms with Crippen molar-refractivity contribution < 1.29 is 4.52 Å². The SMILES string of the molecule is CCc1noc([C@H](C)N2CCN([C@H](C)c3nnnn3C3CC3)CC2)n1. The molecule has 0 unspecified atom stereocenters. The molecule has 4 rings (SSSR count). The van der Waals surface area contributed by atoms with Crippen LogP contribution in [0.4, 0.5) is 0 Å². The number of aromatic nitrogens is 6. The van der Waals surface area contributed by atoms with Gasteiger partial charge in [-0.3, -0.25) is 9.80 Å². The van der Waals surface area contributed by atoms with E-state index in [0.29, 0.717) is 6.04 Å². The summed E-state index contributed by atoms with van der Waals surface area (Å²) in [6.45, 7) is 10.3. The monoisotopic (exact) mass is 346 g/mol. The van der Waals surface area contributed by atoms with Gasteiger partial charge in [0, 0.05) is 32.6 Å². The summed E-state index contributed by atoms with van der Waals surface area (Å²) in [5.74, 6) is 2.49. The summed E-state index contributed by atoms with van der Waals surface area (Å²) in [6, 6.07) is 0.907. The number of piperazine rings is 1. The normalized spacial score (nSPS) is 22.2. The maximum absolute atomic E-state index is 5.41. The van der Waals surface area contributed by atoms with Crippen LogP contribution < -0.4 is 0 Å². The Bertz CT molecular complexity index is 701. The predicted molar refractivity (Wildman–Crippen MR) is 89.7 cm³/mol. The lowest BCUT2D eigenvalue weighted by Gasteiger charge is -2.39. The van der Waals surface area contributed by atoms with Crippen molar-refractivity contribution in [3.8, 4) is 0 Å². The van der Waals surface area contributed by atoms with Gasteiger partial charge in [-0.1, -0.05) is 12.1 Å². The van der Waals surface area contributed by atoms with Crippen molar-refractivity contribution in [3.63, 3.8) is 0 Å². The maximum Gasteiger partial charge on any atom is 0.243 e. The van der Waals surface area contributed by atoms with Crippen LogP contribution in [0.3, 0.4) is 0 Å². The fourth-order valence-corrected chi connectivity index (χ4v) is 3.47. The lowest BCUT2D eigenvalue weighted by atomic mass is 10.2. The number of aryl methyl sites for hydroxylation is 1. The van der Waals surface area contributed by atoms with Crippen LogP contribution in [0.15, 0.2) is 4.52 Å². The lowest BCUT2D eigenvalue weighted by molar-refractivity contribution is 0.0643. The highest BCUT2D eigenvalue weighted by Gasteiger charge is 2.33. The third-order valence-electron chi connectivity index (χ3n) is 5.39. The molecule has 2 fully saturated rings. The maximum atomic E-state index is 5.41. The van der Waals surface area contributed by atoms with Crippen LogP contribution in [0, 0.1) is 0 Å². The summed E-state index contributed by atoms with van der Waals surface area (Å²) < 4.78 is 7.42. The van der Waals surface area contributed by atoms with Gasteiger partial charge in [-0.15, -0.1) is 5.10 Å². The highest BCUT2D eigenvalue weighted by molar-refractivity contribution is 4.98. The molecule has 9 nitrogen and oxygen atoms in total. The molecule has 0 amide bonds. The average molecular weight is 346 g/mol. The Morgan fingerprint density at radius 1 is 1.08 bits per heavy atom. The largest absolute Gasteiger partial charge is 0.338 e. The third-order valence-corrected chi connectivity index (χ3v) is 5.39. The Labute approximate surface area is 147 Å². The smallest absolute Gasteiger partial charge is 0.243 e. The van der Waals surface area contributed by atoms with E-state index in [9.17, 15) is 0 Å². The summed E-state index contributed by atoms with van der Waals surface area (Å²) in [5.41, 5.74) is 0. The van der Waals surface area contributed by atoms with Gasteiger partial charge in [-0.05, 0) is 37.1 Å². The van der Waals surface area contributed by atoms with E-state index in [-0.39, 0.29) is 12.1 Å². The van der Waals surface area contributed by atoms with Gasteiger partial charge in [-0.2, -0.15) is 4.98 Å². The molecule has 0 spiro atoms. The minimum atomic E-state index is 0.155. The zero-order chi connectivity index (χ0) is 17.4. The Morgan fingerprint density at radius 2 is 1.76 bits per heavy atom. The number of rotatable bonds is 6. The summed E-state index contributed by atoms with van der Waals surface area (Å²) >= 11 is 0. The fraction of sp³-hybridized carbons (Fsp3) is 0.812. The van der Waals surface area contributed by atoms with Gasteiger partial charge >= 0.3 is 0 Å². The zero-order valence-electron chi connectivity index (χ0n) is 15.2. The van der Waals surface area contributed by atoms with Crippen molar-refractivity contribution in [3.05, 3.63) is 17.5 Å². The van der Waals surface area contributed by atoms with E-state index in [2.05, 4.69) is 49.3 Å². The predicted octanol–water partition coefficient (Wildman–Crippen LogP) is 1.39. The molecular weight excluding hydrogens is 320 g/mol. The van der Waals surface area contributed by atoms with E-state index in [4.69, 9.17) is 4.52 Å². The van der Waals surface area contributed by atoms with Crippen LogP contribution in [0.2, 0.25) is 0 Å². The Balaban J connectivity index is 1.36. The first-order chi connectivity index (χ1) is 12.2. The molecule has 2 aromatic rings. The molecule has 1 saturated carbocycles. The van der Waals surface area contributed by atoms with Crippen molar-refractivity contribution in [2.24, 2.45) is 0 Å². The van der Waals surface area contributed by atoms with Gasteiger partial charge < -0.3 is 4.52 Å². The second-order valence-electron chi connectivity index (χ2n) is 7.04. The molecule has 0 radical (unpaired) electrons. The van der Waals surface area contributed by atoms with Gasteiger partial charge in [-0.25, -0.2) is 4.68 Å². The van der Waals surface area contributed by atoms with Gasteiger partial charge in [0.05, 0.1) is 18.1 Å². The zero-order valence-corrected chi connectivity index (χ0v) is 15.2. The van der Waals surface area contributed by atoms with Gasteiger partial charge in [0.25, 0.3) is 0 Å². The minimum Gasteiger partial charge on any atom is -0.338 e. The molecule has 2 aliphatic rings. The van der Waals surface area contributed by atoms with Crippen LogP contribution in [0.5, 0.6) is 0 Å². The number of hydrogen-bond acceptors (Lipinski definition) is 8. The summed E-state index contributed by atoms with van der Waals surface area (Å²) in [6.07, 6.45) is 3.19. The average Bonchev–Trinajstić information content (AvgIpc) is 3.19. The molecule has 0 N–H and O–H groups in total. The van der Waals surface area contributed by atoms with Crippen LogP contribution in [-0.2, 0) is 6.42 Å². The van der Waals surface area contributed by atoms with Crippen molar-refractivity contribution >= 4 is 0 Å². The minimum absolute atomic E-state index is 0.155. The second kappa shape index (κ2) is 6.80. The van der Waals surface area contributed by atoms with E-state index in [1.165, 1.54) is 12.8 Å². The summed E-state index contributed by atoms with van der Waals surface area (Å²) in [5, 5.41) is 16.4. The first-order valence-electron chi connectivity index (χ1n) is 9.25. The summed E-state index contributed by atoms with van der Waals surface area (Å²) in [7, 11) is 0. The number of tetrazole rings is 1. The lowest BCUT2D eigenvalue weighted by Crippen LogP contribution is -2.48. The third kappa shape index (κ3) is 3.30. The molecule has 1 saturated heterocycles. The highest BCUT2D eigenvalue weighted by atomic mass is 16.5. The molecule has 2 atom stereocenters. The first kappa shape index (κ1) is 16.6. The van der Waals surface area contributed by atoms with Crippen molar-refractivity contribution in [2.75, 3.05) is 26.2 Å². The molecule has 1 aliphatic heterocycles.